The molecule has 2 nitrogen and oxygen atoms in total. The molecule has 0 amide bonds. The average Bonchev–Trinajstić information content (AvgIpc) is 2.50. The van der Waals surface area contributed by atoms with E-state index in [4.69, 9.17) is 5.73 Å². The van der Waals surface area contributed by atoms with Crippen molar-refractivity contribution in [2.75, 3.05) is 7.05 Å². The Morgan fingerprint density at radius 2 is 1.69 bits per heavy atom. The number of piperidine rings is 1. The lowest BCUT2D eigenvalue weighted by atomic mass is 9.83. The first-order valence-electron chi connectivity index (χ1n) is 7.05. The highest BCUT2D eigenvalue weighted by Crippen LogP contribution is 2.39. The summed E-state index contributed by atoms with van der Waals surface area (Å²) in [4.78, 5) is 2.60. The molecule has 2 saturated heterocycles. The Kier molecular flexibility index (Phi) is 3.91. The Morgan fingerprint density at radius 3 is 2.19 bits per heavy atom. The van der Waals surface area contributed by atoms with Crippen LogP contribution in [0.1, 0.15) is 52.4 Å². The molecule has 2 rings (SSSR count). The second-order valence-corrected chi connectivity index (χ2v) is 6.42. The van der Waals surface area contributed by atoms with Crippen molar-refractivity contribution in [2.45, 2.75) is 70.5 Å². The number of rotatable bonds is 4. The standard InChI is InChI=1S/C14H28N2/c1-10(2)4-7-14(15)11-8-12-5-6-13(9-11)16(12)3/h10-14H,4-9,15H2,1-3H3. The van der Waals surface area contributed by atoms with Crippen molar-refractivity contribution in [2.24, 2.45) is 17.6 Å². The Morgan fingerprint density at radius 1 is 1.12 bits per heavy atom. The molecule has 2 heteroatoms. The van der Waals surface area contributed by atoms with Crippen molar-refractivity contribution < 1.29 is 0 Å². The van der Waals surface area contributed by atoms with Gasteiger partial charge in [-0.05, 0) is 57.4 Å². The summed E-state index contributed by atoms with van der Waals surface area (Å²) < 4.78 is 0. The van der Waals surface area contributed by atoms with Crippen LogP contribution in [0.4, 0.5) is 0 Å². The molecule has 2 heterocycles. The first-order valence-corrected chi connectivity index (χ1v) is 7.05. The minimum atomic E-state index is 0.458. The molecule has 3 atom stereocenters. The average molecular weight is 224 g/mol. The number of hydrogen-bond acceptors (Lipinski definition) is 2. The normalized spacial score (nSPS) is 36.9. The summed E-state index contributed by atoms with van der Waals surface area (Å²) in [7, 11) is 2.30. The van der Waals surface area contributed by atoms with Crippen molar-refractivity contribution in [1.82, 2.24) is 4.90 Å². The molecule has 0 aromatic carbocycles. The van der Waals surface area contributed by atoms with Crippen LogP contribution in [0.25, 0.3) is 0 Å². The Hall–Kier alpha value is -0.0800. The van der Waals surface area contributed by atoms with E-state index >= 15 is 0 Å². The third-order valence-corrected chi connectivity index (χ3v) is 4.82. The van der Waals surface area contributed by atoms with Gasteiger partial charge in [0.25, 0.3) is 0 Å². The fourth-order valence-electron chi connectivity index (χ4n) is 3.56. The van der Waals surface area contributed by atoms with Gasteiger partial charge in [0.05, 0.1) is 0 Å². The maximum absolute atomic E-state index is 6.38. The molecular weight excluding hydrogens is 196 g/mol. The van der Waals surface area contributed by atoms with Gasteiger partial charge >= 0.3 is 0 Å². The summed E-state index contributed by atoms with van der Waals surface area (Å²) in [5.74, 6) is 1.60. The van der Waals surface area contributed by atoms with Gasteiger partial charge in [-0.25, -0.2) is 0 Å². The topological polar surface area (TPSA) is 29.3 Å². The Balaban J connectivity index is 1.83. The number of nitrogens with zero attached hydrogens (tertiary/aromatic N) is 1. The zero-order valence-electron chi connectivity index (χ0n) is 11.2. The summed E-state index contributed by atoms with van der Waals surface area (Å²) in [5.41, 5.74) is 6.38. The second-order valence-electron chi connectivity index (χ2n) is 6.42. The van der Waals surface area contributed by atoms with Gasteiger partial charge in [-0.1, -0.05) is 13.8 Å². The fraction of sp³-hybridized carbons (Fsp3) is 1.00. The van der Waals surface area contributed by atoms with Crippen molar-refractivity contribution in [1.29, 1.82) is 0 Å². The van der Waals surface area contributed by atoms with Gasteiger partial charge in [-0.15, -0.1) is 0 Å². The quantitative estimate of drug-likeness (QED) is 0.795. The van der Waals surface area contributed by atoms with Crippen LogP contribution >= 0.6 is 0 Å². The third kappa shape index (κ3) is 2.60. The molecule has 3 unspecified atom stereocenters. The first-order chi connectivity index (χ1) is 7.58. The van der Waals surface area contributed by atoms with Crippen LogP contribution in [0.15, 0.2) is 0 Å². The lowest BCUT2D eigenvalue weighted by Crippen LogP contribution is -2.45. The molecule has 2 aliphatic heterocycles. The third-order valence-electron chi connectivity index (χ3n) is 4.82. The van der Waals surface area contributed by atoms with E-state index < -0.39 is 0 Å². The SMILES string of the molecule is CC(C)CCC(N)C1CC2CCC(C1)N2C. The summed E-state index contributed by atoms with van der Waals surface area (Å²) in [6, 6.07) is 2.14. The predicted molar refractivity (Wildman–Crippen MR) is 69.3 cm³/mol. The summed E-state index contributed by atoms with van der Waals surface area (Å²) >= 11 is 0. The zero-order valence-corrected chi connectivity index (χ0v) is 11.2. The van der Waals surface area contributed by atoms with Gasteiger partial charge in [0.15, 0.2) is 0 Å². The first kappa shape index (κ1) is 12.4. The molecule has 2 aliphatic rings. The number of hydrogen-bond donors (Lipinski definition) is 1. The molecular formula is C14H28N2. The highest BCUT2D eigenvalue weighted by Gasteiger charge is 2.39. The van der Waals surface area contributed by atoms with Gasteiger partial charge in [-0.3, -0.25) is 0 Å². The van der Waals surface area contributed by atoms with E-state index in [-0.39, 0.29) is 0 Å². The highest BCUT2D eigenvalue weighted by atomic mass is 15.2. The lowest BCUT2D eigenvalue weighted by molar-refractivity contribution is 0.117. The molecule has 0 spiro atoms. The Labute approximate surface area is 101 Å². The summed E-state index contributed by atoms with van der Waals surface area (Å²) in [6.07, 6.45) is 8.05. The number of fused-ring (bicyclic) bond motifs is 2. The van der Waals surface area contributed by atoms with E-state index in [1.807, 2.05) is 0 Å². The van der Waals surface area contributed by atoms with Crippen LogP contribution in [-0.2, 0) is 0 Å². The molecule has 2 fully saturated rings. The fourth-order valence-corrected chi connectivity index (χ4v) is 3.56. The maximum Gasteiger partial charge on any atom is 0.00989 e. The lowest BCUT2D eigenvalue weighted by Gasteiger charge is -2.39. The van der Waals surface area contributed by atoms with Gasteiger partial charge in [0.1, 0.15) is 0 Å². The highest BCUT2D eigenvalue weighted by molar-refractivity contribution is 4.95. The number of nitrogens with two attached hydrogens (primary N) is 1. The van der Waals surface area contributed by atoms with E-state index in [1.54, 1.807) is 0 Å². The largest absolute Gasteiger partial charge is 0.327 e. The molecule has 0 saturated carbocycles. The van der Waals surface area contributed by atoms with Crippen molar-refractivity contribution in [3.8, 4) is 0 Å². The van der Waals surface area contributed by atoms with Gasteiger partial charge in [-0.2, -0.15) is 0 Å². The zero-order chi connectivity index (χ0) is 11.7. The molecule has 0 aromatic heterocycles. The second kappa shape index (κ2) is 5.05. The molecule has 2 N–H and O–H groups in total. The Bertz CT molecular complexity index is 213. The van der Waals surface area contributed by atoms with Gasteiger partial charge < -0.3 is 10.6 Å². The van der Waals surface area contributed by atoms with Crippen molar-refractivity contribution in [3.63, 3.8) is 0 Å². The predicted octanol–water partition coefficient (Wildman–Crippen LogP) is 2.62. The monoisotopic (exact) mass is 224 g/mol. The van der Waals surface area contributed by atoms with E-state index in [9.17, 15) is 0 Å². The van der Waals surface area contributed by atoms with E-state index in [0.29, 0.717) is 6.04 Å². The smallest absolute Gasteiger partial charge is 0.00989 e. The summed E-state index contributed by atoms with van der Waals surface area (Å²) in [5, 5.41) is 0. The van der Waals surface area contributed by atoms with Crippen molar-refractivity contribution >= 4 is 0 Å². The van der Waals surface area contributed by atoms with E-state index in [1.165, 1.54) is 38.5 Å². The molecule has 0 aliphatic carbocycles. The van der Waals surface area contributed by atoms with Crippen LogP contribution in [-0.4, -0.2) is 30.1 Å². The molecule has 2 bridgehead atoms. The molecule has 0 radical (unpaired) electrons. The summed E-state index contributed by atoms with van der Waals surface area (Å²) in [6.45, 7) is 4.59. The minimum Gasteiger partial charge on any atom is -0.327 e. The molecule has 94 valence electrons. The van der Waals surface area contributed by atoms with Gasteiger partial charge in [0.2, 0.25) is 0 Å². The van der Waals surface area contributed by atoms with Gasteiger partial charge in [0, 0.05) is 18.1 Å². The minimum absolute atomic E-state index is 0.458. The molecule has 16 heavy (non-hydrogen) atoms. The van der Waals surface area contributed by atoms with Crippen LogP contribution < -0.4 is 5.73 Å². The van der Waals surface area contributed by atoms with E-state index in [0.717, 1.165) is 23.9 Å². The van der Waals surface area contributed by atoms with Crippen LogP contribution in [0.2, 0.25) is 0 Å². The molecule has 0 aromatic rings. The maximum atomic E-state index is 6.38. The van der Waals surface area contributed by atoms with Crippen LogP contribution in [0.5, 0.6) is 0 Å². The van der Waals surface area contributed by atoms with Crippen LogP contribution in [0, 0.1) is 11.8 Å². The van der Waals surface area contributed by atoms with Crippen LogP contribution in [0.3, 0.4) is 0 Å². The van der Waals surface area contributed by atoms with E-state index in [2.05, 4.69) is 25.8 Å². The van der Waals surface area contributed by atoms with Crippen molar-refractivity contribution in [3.05, 3.63) is 0 Å².